The highest BCUT2D eigenvalue weighted by Gasteiger charge is 2.32. The van der Waals surface area contributed by atoms with E-state index in [1.807, 2.05) is 65.6 Å². The molecule has 40 heavy (non-hydrogen) atoms. The molecule has 0 aliphatic carbocycles. The first kappa shape index (κ1) is 27.2. The van der Waals surface area contributed by atoms with Crippen molar-refractivity contribution >= 4 is 21.6 Å². The summed E-state index contributed by atoms with van der Waals surface area (Å²) in [4.78, 5) is 32.4. The molecule has 1 fully saturated rings. The lowest BCUT2D eigenvalue weighted by Crippen LogP contribution is -2.54. The first-order chi connectivity index (χ1) is 19.4. The molecule has 3 aromatic carbocycles. The molecule has 1 saturated heterocycles. The number of H-pyrrole nitrogens is 1. The second-order valence-corrected chi connectivity index (χ2v) is 11.4. The largest absolute Gasteiger partial charge is 0.331 e. The molecule has 0 spiro atoms. The highest BCUT2D eigenvalue weighted by molar-refractivity contribution is 7.92. The van der Waals surface area contributed by atoms with Gasteiger partial charge in [0.15, 0.2) is 0 Å². The molecule has 1 aromatic heterocycles. The summed E-state index contributed by atoms with van der Waals surface area (Å²) in [5, 5.41) is 3.38. The molecule has 2 heterocycles. The molecular weight excluding hydrogens is 526 g/mol. The Morgan fingerprint density at radius 1 is 1.00 bits per heavy atom. The first-order valence-corrected chi connectivity index (χ1v) is 14.7. The summed E-state index contributed by atoms with van der Waals surface area (Å²) in [6.45, 7) is 5.25. The van der Waals surface area contributed by atoms with Crippen molar-refractivity contribution in [3.8, 4) is 16.9 Å². The van der Waals surface area contributed by atoms with Crippen LogP contribution in [-0.4, -0.2) is 60.2 Å². The molecule has 0 bridgehead atoms. The van der Waals surface area contributed by atoms with Gasteiger partial charge < -0.3 is 15.2 Å². The van der Waals surface area contributed by atoms with Crippen LogP contribution in [-0.2, 0) is 16.4 Å². The van der Waals surface area contributed by atoms with Gasteiger partial charge in [0.05, 0.1) is 22.8 Å². The topological polar surface area (TPSA) is 116 Å². The van der Waals surface area contributed by atoms with Gasteiger partial charge in [-0.3, -0.25) is 14.1 Å². The lowest BCUT2D eigenvalue weighted by Gasteiger charge is -2.36. The first-order valence-electron chi connectivity index (χ1n) is 13.0. The number of hydrogen-bond donors (Lipinski definition) is 3. The number of anilines is 1. The SMILES string of the molecule is C=CCS(=O)(=O)Nc1ccccc1-n1c(-c2ccccc2)c(C(=O)N2CCNCC2Cc2ccccc2)[nH]c1=O. The molecule has 5 rings (SSSR count). The van der Waals surface area contributed by atoms with Gasteiger partial charge in [0.2, 0.25) is 10.0 Å². The maximum absolute atomic E-state index is 14.2. The van der Waals surface area contributed by atoms with Crippen LogP contribution in [0.25, 0.3) is 16.9 Å². The van der Waals surface area contributed by atoms with Crippen LogP contribution in [0.3, 0.4) is 0 Å². The molecule has 1 unspecified atom stereocenters. The predicted molar refractivity (Wildman–Crippen MR) is 157 cm³/mol. The van der Waals surface area contributed by atoms with E-state index < -0.39 is 15.7 Å². The second-order valence-electron chi connectivity index (χ2n) is 9.59. The molecule has 206 valence electrons. The summed E-state index contributed by atoms with van der Waals surface area (Å²) >= 11 is 0. The minimum atomic E-state index is -3.74. The number of benzene rings is 3. The van der Waals surface area contributed by atoms with Crippen LogP contribution < -0.4 is 15.7 Å². The van der Waals surface area contributed by atoms with Crippen LogP contribution in [0.1, 0.15) is 16.1 Å². The fourth-order valence-electron chi connectivity index (χ4n) is 5.05. The van der Waals surface area contributed by atoms with Crippen LogP contribution in [0, 0.1) is 0 Å². The molecule has 10 heteroatoms. The Labute approximate surface area is 233 Å². The normalized spacial score (nSPS) is 15.5. The molecular formula is C30H31N5O4S. The van der Waals surface area contributed by atoms with Crippen molar-refractivity contribution in [2.24, 2.45) is 0 Å². The van der Waals surface area contributed by atoms with Gasteiger partial charge in [-0.1, -0.05) is 78.9 Å². The summed E-state index contributed by atoms with van der Waals surface area (Å²) in [7, 11) is -3.74. The molecule has 0 radical (unpaired) electrons. The van der Waals surface area contributed by atoms with Gasteiger partial charge in [0.25, 0.3) is 5.91 Å². The van der Waals surface area contributed by atoms with E-state index in [0.717, 1.165) is 5.56 Å². The van der Waals surface area contributed by atoms with Gasteiger partial charge in [-0.2, -0.15) is 0 Å². The zero-order chi connectivity index (χ0) is 28.1. The number of sulfonamides is 1. The maximum Gasteiger partial charge on any atom is 0.331 e. The Bertz CT molecular complexity index is 1660. The van der Waals surface area contributed by atoms with E-state index in [-0.39, 0.29) is 29.1 Å². The molecule has 9 nitrogen and oxygen atoms in total. The monoisotopic (exact) mass is 557 g/mol. The number of para-hydroxylation sites is 2. The third kappa shape index (κ3) is 5.78. The smallest absolute Gasteiger partial charge is 0.331 e. The zero-order valence-electron chi connectivity index (χ0n) is 21.9. The number of carbonyl (C=O) groups excluding carboxylic acids is 1. The number of amides is 1. The quantitative estimate of drug-likeness (QED) is 0.273. The number of aromatic nitrogens is 2. The number of hydrogen-bond acceptors (Lipinski definition) is 5. The lowest BCUT2D eigenvalue weighted by molar-refractivity contribution is 0.0631. The summed E-state index contributed by atoms with van der Waals surface area (Å²) in [6, 6.07) is 25.6. The average Bonchev–Trinajstić information content (AvgIpc) is 3.31. The predicted octanol–water partition coefficient (Wildman–Crippen LogP) is 3.42. The molecule has 1 amide bonds. The van der Waals surface area contributed by atoms with E-state index in [1.165, 1.54) is 10.6 Å². The highest BCUT2D eigenvalue weighted by atomic mass is 32.2. The van der Waals surface area contributed by atoms with E-state index >= 15 is 0 Å². The van der Waals surface area contributed by atoms with Crippen LogP contribution in [0.15, 0.2) is 102 Å². The molecule has 1 atom stereocenters. The summed E-state index contributed by atoms with van der Waals surface area (Å²) in [6.07, 6.45) is 1.96. The van der Waals surface area contributed by atoms with Crippen molar-refractivity contribution in [2.75, 3.05) is 30.1 Å². The highest BCUT2D eigenvalue weighted by Crippen LogP contribution is 2.30. The minimum absolute atomic E-state index is 0.114. The Morgan fingerprint density at radius 3 is 2.40 bits per heavy atom. The van der Waals surface area contributed by atoms with Crippen molar-refractivity contribution in [1.29, 1.82) is 0 Å². The lowest BCUT2D eigenvalue weighted by atomic mass is 10.0. The van der Waals surface area contributed by atoms with Gasteiger partial charge in [-0.15, -0.1) is 6.58 Å². The van der Waals surface area contributed by atoms with Crippen LogP contribution in [0.4, 0.5) is 5.69 Å². The summed E-state index contributed by atoms with van der Waals surface area (Å²) in [5.74, 6) is -0.577. The number of piperazine rings is 1. The number of rotatable bonds is 9. The van der Waals surface area contributed by atoms with E-state index in [0.29, 0.717) is 43.0 Å². The van der Waals surface area contributed by atoms with Crippen molar-refractivity contribution in [2.45, 2.75) is 12.5 Å². The van der Waals surface area contributed by atoms with Gasteiger partial charge in [0, 0.05) is 31.2 Å². The van der Waals surface area contributed by atoms with Gasteiger partial charge in [-0.05, 0) is 24.1 Å². The molecule has 4 aromatic rings. The average molecular weight is 558 g/mol. The molecule has 3 N–H and O–H groups in total. The Kier molecular flexibility index (Phi) is 7.99. The Morgan fingerprint density at radius 2 is 1.68 bits per heavy atom. The minimum Gasteiger partial charge on any atom is -0.331 e. The fraction of sp³-hybridized carbons (Fsp3) is 0.200. The number of carbonyl (C=O) groups is 1. The number of imidazole rings is 1. The van der Waals surface area contributed by atoms with E-state index in [2.05, 4.69) is 21.6 Å². The Hall–Kier alpha value is -4.41. The van der Waals surface area contributed by atoms with Crippen LogP contribution in [0.5, 0.6) is 0 Å². The summed E-state index contributed by atoms with van der Waals surface area (Å²) in [5.41, 5.74) is 2.24. The zero-order valence-corrected chi connectivity index (χ0v) is 22.7. The van der Waals surface area contributed by atoms with E-state index in [9.17, 15) is 18.0 Å². The number of nitrogens with one attached hydrogen (secondary N) is 3. The second kappa shape index (κ2) is 11.8. The third-order valence-electron chi connectivity index (χ3n) is 6.83. The summed E-state index contributed by atoms with van der Waals surface area (Å²) < 4.78 is 29.1. The third-order valence-corrected chi connectivity index (χ3v) is 8.03. The molecule has 0 saturated carbocycles. The van der Waals surface area contributed by atoms with Crippen molar-refractivity contribution < 1.29 is 13.2 Å². The van der Waals surface area contributed by atoms with Crippen molar-refractivity contribution in [3.63, 3.8) is 0 Å². The molecule has 1 aliphatic rings. The maximum atomic E-state index is 14.2. The van der Waals surface area contributed by atoms with Crippen LogP contribution >= 0.6 is 0 Å². The van der Waals surface area contributed by atoms with Crippen LogP contribution in [0.2, 0.25) is 0 Å². The standard InChI is InChI=1S/C30H31N5O4S/c1-2-19-40(38,39)33-25-15-9-10-16-26(25)35-28(23-13-7-4-8-14-23)27(32-30(35)37)29(36)34-18-17-31-21-24(34)20-22-11-5-3-6-12-22/h2-16,24,31,33H,1,17-21H2,(H,32,37). The number of aromatic amines is 1. The van der Waals surface area contributed by atoms with Crippen molar-refractivity contribution in [1.82, 2.24) is 19.8 Å². The van der Waals surface area contributed by atoms with Gasteiger partial charge in [-0.25, -0.2) is 13.2 Å². The van der Waals surface area contributed by atoms with Gasteiger partial charge in [0.1, 0.15) is 5.69 Å². The number of nitrogens with zero attached hydrogens (tertiary/aromatic N) is 2. The van der Waals surface area contributed by atoms with Crippen molar-refractivity contribution in [3.05, 3.63) is 119 Å². The van der Waals surface area contributed by atoms with Gasteiger partial charge >= 0.3 is 5.69 Å². The van der Waals surface area contributed by atoms with E-state index in [4.69, 9.17) is 0 Å². The fourth-order valence-corrected chi connectivity index (χ4v) is 5.95. The van der Waals surface area contributed by atoms with E-state index in [1.54, 1.807) is 24.3 Å². The Balaban J connectivity index is 1.62. The molecule has 1 aliphatic heterocycles.